The van der Waals surface area contributed by atoms with E-state index in [9.17, 15) is 4.79 Å². The zero-order chi connectivity index (χ0) is 13.7. The standard InChI is InChI=1S/C16H23NO2/c1-3-19-15-11-7-6-10-14(15)16(18)12(2)17-13-8-4-5-9-13/h6-7,10-13,17H,3-5,8-9H2,1-2H3. The van der Waals surface area contributed by atoms with Crippen LogP contribution in [0.3, 0.4) is 0 Å². The van der Waals surface area contributed by atoms with Gasteiger partial charge in [0.1, 0.15) is 5.75 Å². The summed E-state index contributed by atoms with van der Waals surface area (Å²) < 4.78 is 5.53. The predicted molar refractivity (Wildman–Crippen MR) is 76.8 cm³/mol. The van der Waals surface area contributed by atoms with Crippen LogP contribution in [0.5, 0.6) is 5.75 Å². The number of carbonyl (C=O) groups excluding carboxylic acids is 1. The van der Waals surface area contributed by atoms with Crippen molar-refractivity contribution in [1.82, 2.24) is 5.32 Å². The number of carbonyl (C=O) groups is 1. The predicted octanol–water partition coefficient (Wildman–Crippen LogP) is 3.19. The van der Waals surface area contributed by atoms with Crippen LogP contribution >= 0.6 is 0 Å². The molecule has 19 heavy (non-hydrogen) atoms. The van der Waals surface area contributed by atoms with Crippen LogP contribution in [0.1, 0.15) is 49.9 Å². The molecule has 1 saturated carbocycles. The summed E-state index contributed by atoms with van der Waals surface area (Å²) in [6.45, 7) is 4.46. The second-order valence-electron chi connectivity index (χ2n) is 5.16. The van der Waals surface area contributed by atoms with Gasteiger partial charge >= 0.3 is 0 Å². The van der Waals surface area contributed by atoms with E-state index in [4.69, 9.17) is 4.74 Å². The van der Waals surface area contributed by atoms with Crippen LogP contribution in [0.2, 0.25) is 0 Å². The molecule has 1 unspecified atom stereocenters. The number of ether oxygens (including phenoxy) is 1. The second-order valence-corrected chi connectivity index (χ2v) is 5.16. The summed E-state index contributed by atoms with van der Waals surface area (Å²) in [4.78, 5) is 12.5. The molecule has 0 saturated heterocycles. The summed E-state index contributed by atoms with van der Waals surface area (Å²) in [6, 6.07) is 7.84. The van der Waals surface area contributed by atoms with Gasteiger partial charge in [-0.3, -0.25) is 4.79 Å². The smallest absolute Gasteiger partial charge is 0.183 e. The molecule has 1 aliphatic carbocycles. The highest BCUT2D eigenvalue weighted by atomic mass is 16.5. The molecule has 0 aromatic heterocycles. The highest BCUT2D eigenvalue weighted by molar-refractivity contribution is 6.02. The van der Waals surface area contributed by atoms with Gasteiger partial charge in [0.2, 0.25) is 0 Å². The van der Waals surface area contributed by atoms with Gasteiger partial charge in [-0.15, -0.1) is 0 Å². The number of Topliss-reactive ketones (excluding diaryl/α,β-unsaturated/α-hetero) is 1. The Bertz CT molecular complexity index is 425. The Morgan fingerprint density at radius 3 is 2.74 bits per heavy atom. The van der Waals surface area contributed by atoms with Gasteiger partial charge in [0.05, 0.1) is 18.2 Å². The summed E-state index contributed by atoms with van der Waals surface area (Å²) in [5.41, 5.74) is 0.683. The minimum Gasteiger partial charge on any atom is -0.493 e. The number of hydrogen-bond acceptors (Lipinski definition) is 3. The average Bonchev–Trinajstić information content (AvgIpc) is 2.92. The van der Waals surface area contributed by atoms with Gasteiger partial charge in [0, 0.05) is 6.04 Å². The monoisotopic (exact) mass is 261 g/mol. The van der Waals surface area contributed by atoms with Gasteiger partial charge < -0.3 is 10.1 Å². The molecule has 104 valence electrons. The van der Waals surface area contributed by atoms with Crippen molar-refractivity contribution < 1.29 is 9.53 Å². The van der Waals surface area contributed by atoms with E-state index in [1.165, 1.54) is 25.7 Å². The van der Waals surface area contributed by atoms with Crippen molar-refractivity contribution >= 4 is 5.78 Å². The van der Waals surface area contributed by atoms with E-state index in [0.717, 1.165) is 0 Å². The van der Waals surface area contributed by atoms with E-state index >= 15 is 0 Å². The molecule has 0 bridgehead atoms. The second kappa shape index (κ2) is 6.71. The number of rotatable bonds is 6. The molecule has 1 atom stereocenters. The lowest BCUT2D eigenvalue weighted by Crippen LogP contribution is -2.40. The molecule has 0 spiro atoms. The molecule has 0 aliphatic heterocycles. The van der Waals surface area contributed by atoms with Crippen LogP contribution < -0.4 is 10.1 Å². The summed E-state index contributed by atoms with van der Waals surface area (Å²) in [6.07, 6.45) is 4.91. The third-order valence-corrected chi connectivity index (χ3v) is 3.69. The van der Waals surface area contributed by atoms with Crippen LogP contribution in [-0.4, -0.2) is 24.5 Å². The van der Waals surface area contributed by atoms with Gasteiger partial charge in [-0.2, -0.15) is 0 Å². The molecule has 1 aromatic carbocycles. The zero-order valence-electron chi connectivity index (χ0n) is 11.8. The molecule has 1 N–H and O–H groups in total. The van der Waals surface area contributed by atoms with E-state index in [1.807, 2.05) is 38.1 Å². The van der Waals surface area contributed by atoms with Crippen molar-refractivity contribution in [2.75, 3.05) is 6.61 Å². The maximum atomic E-state index is 12.5. The Hall–Kier alpha value is -1.35. The van der Waals surface area contributed by atoms with Gasteiger partial charge in [-0.05, 0) is 38.8 Å². The fraction of sp³-hybridized carbons (Fsp3) is 0.562. The third-order valence-electron chi connectivity index (χ3n) is 3.69. The molecular weight excluding hydrogens is 238 g/mol. The van der Waals surface area contributed by atoms with Crippen molar-refractivity contribution in [3.63, 3.8) is 0 Å². The Morgan fingerprint density at radius 1 is 1.37 bits per heavy atom. The highest BCUT2D eigenvalue weighted by Gasteiger charge is 2.23. The van der Waals surface area contributed by atoms with E-state index in [2.05, 4.69) is 5.32 Å². The van der Waals surface area contributed by atoms with Gasteiger partial charge in [0.25, 0.3) is 0 Å². The number of ketones is 1. The summed E-state index contributed by atoms with van der Waals surface area (Å²) in [5, 5.41) is 3.44. The van der Waals surface area contributed by atoms with Gasteiger partial charge in [0.15, 0.2) is 5.78 Å². The first-order chi connectivity index (χ1) is 9.22. The largest absolute Gasteiger partial charge is 0.493 e. The Labute approximate surface area is 115 Å². The molecular formula is C16H23NO2. The lowest BCUT2D eigenvalue weighted by Gasteiger charge is -2.19. The van der Waals surface area contributed by atoms with E-state index in [1.54, 1.807) is 0 Å². The first-order valence-corrected chi connectivity index (χ1v) is 7.24. The lowest BCUT2D eigenvalue weighted by atomic mass is 10.0. The van der Waals surface area contributed by atoms with Crippen LogP contribution in [0.4, 0.5) is 0 Å². The summed E-state index contributed by atoms with van der Waals surface area (Å²) in [7, 11) is 0. The normalized spacial score (nSPS) is 17.4. The fourth-order valence-corrected chi connectivity index (χ4v) is 2.71. The Balaban J connectivity index is 2.05. The van der Waals surface area contributed by atoms with E-state index < -0.39 is 0 Å². The summed E-state index contributed by atoms with van der Waals surface area (Å²) in [5.74, 6) is 0.811. The Morgan fingerprint density at radius 2 is 2.05 bits per heavy atom. The minimum absolute atomic E-state index is 0.121. The highest BCUT2D eigenvalue weighted by Crippen LogP contribution is 2.22. The van der Waals surface area contributed by atoms with Crippen molar-refractivity contribution in [2.45, 2.75) is 51.6 Å². The lowest BCUT2D eigenvalue weighted by molar-refractivity contribution is 0.0941. The van der Waals surface area contributed by atoms with Crippen molar-refractivity contribution in [2.24, 2.45) is 0 Å². The van der Waals surface area contributed by atoms with Crippen LogP contribution in [-0.2, 0) is 0 Å². The molecule has 0 heterocycles. The maximum absolute atomic E-state index is 12.5. The zero-order valence-corrected chi connectivity index (χ0v) is 11.8. The van der Waals surface area contributed by atoms with Crippen LogP contribution in [0, 0.1) is 0 Å². The molecule has 3 nitrogen and oxygen atoms in total. The molecule has 1 aliphatic rings. The van der Waals surface area contributed by atoms with Crippen molar-refractivity contribution in [3.8, 4) is 5.75 Å². The molecule has 2 rings (SSSR count). The molecule has 0 radical (unpaired) electrons. The average molecular weight is 261 g/mol. The third kappa shape index (κ3) is 3.57. The van der Waals surface area contributed by atoms with Crippen LogP contribution in [0.15, 0.2) is 24.3 Å². The minimum atomic E-state index is -0.148. The maximum Gasteiger partial charge on any atom is 0.183 e. The van der Waals surface area contributed by atoms with Crippen LogP contribution in [0.25, 0.3) is 0 Å². The number of benzene rings is 1. The number of hydrogen-bond donors (Lipinski definition) is 1. The van der Waals surface area contributed by atoms with Crippen molar-refractivity contribution in [3.05, 3.63) is 29.8 Å². The topological polar surface area (TPSA) is 38.3 Å². The molecule has 0 amide bonds. The first kappa shape index (κ1) is 14.1. The SMILES string of the molecule is CCOc1ccccc1C(=O)C(C)NC1CCCC1. The van der Waals surface area contributed by atoms with E-state index in [0.29, 0.717) is 24.0 Å². The van der Waals surface area contributed by atoms with E-state index in [-0.39, 0.29) is 11.8 Å². The number of nitrogens with one attached hydrogen (secondary N) is 1. The van der Waals surface area contributed by atoms with Gasteiger partial charge in [-0.25, -0.2) is 0 Å². The number of para-hydroxylation sites is 1. The fourth-order valence-electron chi connectivity index (χ4n) is 2.71. The Kier molecular flexibility index (Phi) is 4.97. The molecule has 1 aromatic rings. The quantitative estimate of drug-likeness (QED) is 0.799. The first-order valence-electron chi connectivity index (χ1n) is 7.24. The molecule has 3 heteroatoms. The molecule has 1 fully saturated rings. The van der Waals surface area contributed by atoms with Gasteiger partial charge in [-0.1, -0.05) is 25.0 Å². The van der Waals surface area contributed by atoms with Crippen molar-refractivity contribution in [1.29, 1.82) is 0 Å². The summed E-state index contributed by atoms with van der Waals surface area (Å²) >= 11 is 0.